The molecule has 4 rings (SSSR count). The number of nitrogens with zero attached hydrogens (tertiary/aromatic N) is 3. The Balaban J connectivity index is 1.41. The molecule has 2 aliphatic rings. The zero-order valence-electron chi connectivity index (χ0n) is 16.1. The fourth-order valence-corrected chi connectivity index (χ4v) is 4.49. The van der Waals surface area contributed by atoms with Gasteiger partial charge in [0.2, 0.25) is 0 Å². The summed E-state index contributed by atoms with van der Waals surface area (Å²) in [6, 6.07) is 4.17. The SMILES string of the molecule is Cc1ccc(CN2CCCC(Cn3c(C)cnc3C3CCOCC3)C2)o1. The number of ether oxygens (including phenoxy) is 1. The van der Waals surface area contributed by atoms with Crippen LogP contribution in [0.4, 0.5) is 0 Å². The third-order valence-electron chi connectivity index (χ3n) is 5.89. The number of furan rings is 1. The number of rotatable bonds is 5. The number of hydrogen-bond donors (Lipinski definition) is 0. The van der Waals surface area contributed by atoms with Gasteiger partial charge >= 0.3 is 0 Å². The molecule has 26 heavy (non-hydrogen) atoms. The summed E-state index contributed by atoms with van der Waals surface area (Å²) in [5.74, 6) is 4.62. The minimum absolute atomic E-state index is 0.559. The first kappa shape index (κ1) is 17.8. The molecule has 2 aromatic heterocycles. The van der Waals surface area contributed by atoms with Gasteiger partial charge in [-0.25, -0.2) is 4.98 Å². The molecule has 1 atom stereocenters. The summed E-state index contributed by atoms with van der Waals surface area (Å²) in [5, 5.41) is 0. The molecule has 5 nitrogen and oxygen atoms in total. The smallest absolute Gasteiger partial charge is 0.118 e. The monoisotopic (exact) mass is 357 g/mol. The fourth-order valence-electron chi connectivity index (χ4n) is 4.49. The average molecular weight is 357 g/mol. The van der Waals surface area contributed by atoms with Crippen LogP contribution in [0.3, 0.4) is 0 Å². The molecule has 0 amide bonds. The van der Waals surface area contributed by atoms with Crippen LogP contribution in [-0.4, -0.2) is 40.8 Å². The first-order valence-corrected chi connectivity index (χ1v) is 10.1. The predicted octanol–water partition coefficient (Wildman–Crippen LogP) is 3.90. The highest BCUT2D eigenvalue weighted by Crippen LogP contribution is 2.29. The van der Waals surface area contributed by atoms with Gasteiger partial charge in [0.25, 0.3) is 0 Å². The molecule has 142 valence electrons. The summed E-state index contributed by atoms with van der Waals surface area (Å²) < 4.78 is 13.8. The lowest BCUT2D eigenvalue weighted by Crippen LogP contribution is -2.37. The van der Waals surface area contributed by atoms with E-state index in [4.69, 9.17) is 14.1 Å². The Morgan fingerprint density at radius 1 is 1.15 bits per heavy atom. The Kier molecular flexibility index (Phi) is 5.46. The topological polar surface area (TPSA) is 43.4 Å². The molecule has 2 aromatic rings. The van der Waals surface area contributed by atoms with Crippen LogP contribution in [0.1, 0.15) is 54.6 Å². The second-order valence-electron chi connectivity index (χ2n) is 8.01. The van der Waals surface area contributed by atoms with E-state index < -0.39 is 0 Å². The Hall–Kier alpha value is -1.59. The van der Waals surface area contributed by atoms with Crippen molar-refractivity contribution in [2.45, 2.75) is 58.5 Å². The first-order valence-electron chi connectivity index (χ1n) is 10.1. The van der Waals surface area contributed by atoms with Gasteiger partial charge in [0.15, 0.2) is 0 Å². The number of piperidine rings is 1. The van der Waals surface area contributed by atoms with Crippen molar-refractivity contribution in [1.82, 2.24) is 14.5 Å². The third kappa shape index (κ3) is 4.04. The van der Waals surface area contributed by atoms with Gasteiger partial charge in [0, 0.05) is 44.1 Å². The molecule has 0 radical (unpaired) electrons. The zero-order valence-corrected chi connectivity index (χ0v) is 16.1. The van der Waals surface area contributed by atoms with E-state index in [0.29, 0.717) is 11.8 Å². The van der Waals surface area contributed by atoms with Gasteiger partial charge in [0.05, 0.1) is 6.54 Å². The van der Waals surface area contributed by atoms with Crippen molar-refractivity contribution in [2.75, 3.05) is 26.3 Å². The van der Waals surface area contributed by atoms with Gasteiger partial charge in [-0.1, -0.05) is 0 Å². The van der Waals surface area contributed by atoms with Crippen molar-refractivity contribution >= 4 is 0 Å². The normalized spacial score (nSPS) is 22.8. The van der Waals surface area contributed by atoms with Gasteiger partial charge in [0.1, 0.15) is 17.3 Å². The van der Waals surface area contributed by atoms with Crippen LogP contribution >= 0.6 is 0 Å². The van der Waals surface area contributed by atoms with Crippen LogP contribution in [0.25, 0.3) is 0 Å². The molecule has 0 bridgehead atoms. The Morgan fingerprint density at radius 2 is 2.00 bits per heavy atom. The van der Waals surface area contributed by atoms with Crippen molar-refractivity contribution in [3.05, 3.63) is 41.4 Å². The third-order valence-corrected chi connectivity index (χ3v) is 5.89. The van der Waals surface area contributed by atoms with Crippen LogP contribution in [0.2, 0.25) is 0 Å². The maximum atomic E-state index is 5.78. The molecule has 0 aromatic carbocycles. The van der Waals surface area contributed by atoms with Gasteiger partial charge < -0.3 is 13.7 Å². The van der Waals surface area contributed by atoms with Crippen molar-refractivity contribution in [2.24, 2.45) is 5.92 Å². The van der Waals surface area contributed by atoms with E-state index >= 15 is 0 Å². The van der Waals surface area contributed by atoms with E-state index in [2.05, 4.69) is 34.7 Å². The summed E-state index contributed by atoms with van der Waals surface area (Å²) in [6.45, 7) is 10.3. The Labute approximate surface area is 156 Å². The van der Waals surface area contributed by atoms with Crippen molar-refractivity contribution in [1.29, 1.82) is 0 Å². The maximum Gasteiger partial charge on any atom is 0.118 e. The number of likely N-dealkylation sites (tertiary alicyclic amines) is 1. The molecule has 5 heteroatoms. The number of aromatic nitrogens is 2. The van der Waals surface area contributed by atoms with Gasteiger partial charge in [-0.05, 0) is 64.1 Å². The second-order valence-corrected chi connectivity index (χ2v) is 8.01. The highest BCUT2D eigenvalue weighted by atomic mass is 16.5. The van der Waals surface area contributed by atoms with Crippen molar-refractivity contribution in [3.63, 3.8) is 0 Å². The van der Waals surface area contributed by atoms with Gasteiger partial charge in [-0.3, -0.25) is 4.90 Å². The minimum Gasteiger partial charge on any atom is -0.465 e. The van der Waals surface area contributed by atoms with Crippen LogP contribution in [-0.2, 0) is 17.8 Å². The molecule has 2 aliphatic heterocycles. The highest BCUT2D eigenvalue weighted by Gasteiger charge is 2.25. The standard InChI is InChI=1S/C21H31N3O2/c1-16-12-22-21(19-7-10-25-11-8-19)24(16)14-18-4-3-9-23(13-18)15-20-6-5-17(2)26-20/h5-6,12,18-19H,3-4,7-11,13-15H2,1-2H3. The van der Waals surface area contributed by atoms with Gasteiger partial charge in [-0.15, -0.1) is 0 Å². The van der Waals surface area contributed by atoms with Crippen LogP contribution in [0.15, 0.2) is 22.7 Å². The van der Waals surface area contributed by atoms with Crippen molar-refractivity contribution in [3.8, 4) is 0 Å². The lowest BCUT2D eigenvalue weighted by molar-refractivity contribution is 0.0820. The molecule has 1 unspecified atom stereocenters. The number of aryl methyl sites for hydroxylation is 2. The molecule has 2 saturated heterocycles. The predicted molar refractivity (Wildman–Crippen MR) is 101 cm³/mol. The van der Waals surface area contributed by atoms with Crippen LogP contribution in [0.5, 0.6) is 0 Å². The minimum atomic E-state index is 0.559. The van der Waals surface area contributed by atoms with E-state index in [1.807, 2.05) is 6.92 Å². The highest BCUT2D eigenvalue weighted by molar-refractivity contribution is 5.09. The lowest BCUT2D eigenvalue weighted by atomic mass is 9.96. The van der Waals surface area contributed by atoms with Crippen LogP contribution < -0.4 is 0 Å². The molecule has 0 saturated carbocycles. The number of hydrogen-bond acceptors (Lipinski definition) is 4. The fraction of sp³-hybridized carbons (Fsp3) is 0.667. The number of imidazole rings is 1. The van der Waals surface area contributed by atoms with E-state index in [-0.39, 0.29) is 0 Å². The summed E-state index contributed by atoms with van der Waals surface area (Å²) in [5.41, 5.74) is 1.30. The largest absolute Gasteiger partial charge is 0.465 e. The van der Waals surface area contributed by atoms with Gasteiger partial charge in [-0.2, -0.15) is 0 Å². The zero-order chi connectivity index (χ0) is 17.9. The quantitative estimate of drug-likeness (QED) is 0.814. The van der Waals surface area contributed by atoms with E-state index in [1.165, 1.54) is 30.9 Å². The molecular weight excluding hydrogens is 326 g/mol. The second kappa shape index (κ2) is 7.97. The van der Waals surface area contributed by atoms with E-state index in [9.17, 15) is 0 Å². The summed E-state index contributed by atoms with van der Waals surface area (Å²) >= 11 is 0. The van der Waals surface area contributed by atoms with E-state index in [1.54, 1.807) is 0 Å². The van der Waals surface area contributed by atoms with Crippen LogP contribution in [0, 0.1) is 19.8 Å². The Morgan fingerprint density at radius 3 is 2.77 bits per heavy atom. The average Bonchev–Trinajstić information content (AvgIpc) is 3.22. The molecule has 4 heterocycles. The Bertz CT molecular complexity index is 715. The maximum absolute atomic E-state index is 5.78. The molecule has 0 spiro atoms. The molecular formula is C21H31N3O2. The lowest BCUT2D eigenvalue weighted by Gasteiger charge is -2.33. The molecule has 2 fully saturated rings. The summed E-state index contributed by atoms with van der Waals surface area (Å²) in [6.07, 6.45) is 6.83. The summed E-state index contributed by atoms with van der Waals surface area (Å²) in [7, 11) is 0. The van der Waals surface area contributed by atoms with E-state index in [0.717, 1.165) is 57.2 Å². The molecule has 0 N–H and O–H groups in total. The first-order chi connectivity index (χ1) is 12.7. The summed E-state index contributed by atoms with van der Waals surface area (Å²) in [4.78, 5) is 7.32. The van der Waals surface area contributed by atoms with Crippen molar-refractivity contribution < 1.29 is 9.15 Å². The molecule has 0 aliphatic carbocycles.